The summed E-state index contributed by atoms with van der Waals surface area (Å²) in [6.07, 6.45) is 0.338. The Morgan fingerprint density at radius 1 is 0.972 bits per heavy atom. The van der Waals surface area contributed by atoms with Crippen LogP contribution in [0.3, 0.4) is 0 Å². The Balaban J connectivity index is 2.05. The zero-order chi connectivity index (χ0) is 26.3. The second kappa shape index (κ2) is 12.6. The second-order valence-corrected chi connectivity index (χ2v) is 11.5. The molecule has 0 saturated heterocycles. The van der Waals surface area contributed by atoms with Crippen LogP contribution in [0.4, 0.5) is 5.69 Å². The number of benzene rings is 3. The lowest BCUT2D eigenvalue weighted by Gasteiger charge is -2.33. The Labute approximate surface area is 230 Å². The van der Waals surface area contributed by atoms with E-state index < -0.39 is 28.5 Å². The van der Waals surface area contributed by atoms with Crippen LogP contribution in [0.25, 0.3) is 0 Å². The fourth-order valence-electron chi connectivity index (χ4n) is 3.75. The highest BCUT2D eigenvalue weighted by Gasteiger charge is 2.33. The summed E-state index contributed by atoms with van der Waals surface area (Å²) in [6, 6.07) is 21.1. The van der Waals surface area contributed by atoms with Crippen molar-refractivity contribution in [1.29, 1.82) is 0 Å². The Morgan fingerprint density at radius 3 is 2.17 bits per heavy atom. The monoisotopic (exact) mass is 639 g/mol. The third-order valence-corrected chi connectivity index (χ3v) is 8.53. The number of hydrogen-bond acceptors (Lipinski definition) is 4. The Kier molecular flexibility index (Phi) is 9.75. The van der Waals surface area contributed by atoms with Crippen LogP contribution in [0, 0.1) is 3.57 Å². The van der Waals surface area contributed by atoms with Gasteiger partial charge in [-0.2, -0.15) is 0 Å². The molecule has 3 rings (SSSR count). The normalized spacial score (nSPS) is 12.0. The molecule has 7 nitrogen and oxygen atoms in total. The fourth-order valence-corrected chi connectivity index (χ4v) is 5.74. The molecule has 2 amide bonds. The zero-order valence-corrected chi connectivity index (χ0v) is 23.6. The van der Waals surface area contributed by atoms with Crippen LogP contribution in [-0.4, -0.2) is 44.8 Å². The van der Waals surface area contributed by atoms with Crippen LogP contribution in [0.1, 0.15) is 18.9 Å². The summed E-state index contributed by atoms with van der Waals surface area (Å²) in [5.74, 6) is -0.868. The molecule has 0 radical (unpaired) electrons. The minimum Gasteiger partial charge on any atom is -0.357 e. The summed E-state index contributed by atoms with van der Waals surface area (Å²) in [4.78, 5) is 28.0. The molecule has 0 aromatic heterocycles. The maximum absolute atomic E-state index is 13.8. The summed E-state index contributed by atoms with van der Waals surface area (Å²) in [5, 5.41) is 3.05. The number of carbonyl (C=O) groups excluding carboxylic acids is 2. The van der Waals surface area contributed by atoms with Crippen molar-refractivity contribution in [2.24, 2.45) is 0 Å². The van der Waals surface area contributed by atoms with Crippen molar-refractivity contribution in [3.63, 3.8) is 0 Å². The van der Waals surface area contributed by atoms with E-state index >= 15 is 0 Å². The third-order valence-electron chi connectivity index (χ3n) is 5.66. The molecule has 0 spiro atoms. The second-order valence-electron chi connectivity index (χ2n) is 7.95. The third kappa shape index (κ3) is 6.57. The Morgan fingerprint density at radius 2 is 1.58 bits per heavy atom. The number of rotatable bonds is 10. The number of carbonyl (C=O) groups is 2. The van der Waals surface area contributed by atoms with Gasteiger partial charge in [0, 0.05) is 22.2 Å². The minimum atomic E-state index is -4.08. The lowest BCUT2D eigenvalue weighted by Crippen LogP contribution is -2.51. The molecule has 3 aromatic rings. The zero-order valence-electron chi connectivity index (χ0n) is 19.9. The van der Waals surface area contributed by atoms with Gasteiger partial charge in [0.05, 0.1) is 10.6 Å². The molecule has 0 saturated carbocycles. The van der Waals surface area contributed by atoms with Crippen molar-refractivity contribution in [1.82, 2.24) is 10.2 Å². The molecule has 0 aliphatic rings. The standard InChI is InChI=1S/C26H27ClIN3O4S/c1-3-24(26(33)29-2)30(17-19-9-7-8-12-23(19)27)25(32)18-31(21-15-13-20(28)14-16-21)36(34,35)22-10-5-4-6-11-22/h4-16,24H,3,17-18H2,1-2H3,(H,29,33)/t24-/m1/s1. The molecule has 1 atom stereocenters. The SMILES string of the molecule is CC[C@H](C(=O)NC)N(Cc1ccccc1Cl)C(=O)CN(c1ccc(I)cc1)S(=O)(=O)c1ccccc1. The smallest absolute Gasteiger partial charge is 0.264 e. The summed E-state index contributed by atoms with van der Waals surface area (Å²) in [6.45, 7) is 1.36. The highest BCUT2D eigenvalue weighted by Crippen LogP contribution is 2.26. The van der Waals surface area contributed by atoms with Crippen LogP contribution in [0.15, 0.2) is 83.8 Å². The molecule has 0 unspecified atom stereocenters. The number of anilines is 1. The molecule has 0 bridgehead atoms. The van der Waals surface area contributed by atoms with E-state index in [1.54, 1.807) is 73.7 Å². The molecular weight excluding hydrogens is 613 g/mol. The van der Waals surface area contributed by atoms with E-state index in [-0.39, 0.29) is 17.3 Å². The van der Waals surface area contributed by atoms with E-state index in [0.29, 0.717) is 22.7 Å². The van der Waals surface area contributed by atoms with Gasteiger partial charge in [0.2, 0.25) is 11.8 Å². The molecule has 0 aliphatic carbocycles. The Bertz CT molecular complexity index is 1300. The van der Waals surface area contributed by atoms with Gasteiger partial charge in [-0.1, -0.05) is 54.9 Å². The Hall–Kier alpha value is -2.63. The van der Waals surface area contributed by atoms with E-state index in [9.17, 15) is 18.0 Å². The maximum Gasteiger partial charge on any atom is 0.264 e. The number of likely N-dealkylation sites (N-methyl/N-ethyl adjacent to an activating group) is 1. The highest BCUT2D eigenvalue weighted by atomic mass is 127. The fraction of sp³-hybridized carbons (Fsp3) is 0.231. The molecule has 0 fully saturated rings. The van der Waals surface area contributed by atoms with E-state index in [1.807, 2.05) is 0 Å². The van der Waals surface area contributed by atoms with Crippen LogP contribution < -0.4 is 9.62 Å². The molecule has 0 aliphatic heterocycles. The topological polar surface area (TPSA) is 86.8 Å². The van der Waals surface area contributed by atoms with Crippen molar-refractivity contribution in [3.8, 4) is 0 Å². The lowest BCUT2D eigenvalue weighted by atomic mass is 10.1. The van der Waals surface area contributed by atoms with Crippen LogP contribution in [0.2, 0.25) is 5.02 Å². The predicted molar refractivity (Wildman–Crippen MR) is 150 cm³/mol. The van der Waals surface area contributed by atoms with Crippen LogP contribution in [-0.2, 0) is 26.2 Å². The molecular formula is C26H27ClIN3O4S. The molecule has 190 valence electrons. The molecule has 10 heteroatoms. The average Bonchev–Trinajstić information content (AvgIpc) is 2.89. The van der Waals surface area contributed by atoms with Crippen LogP contribution in [0.5, 0.6) is 0 Å². The van der Waals surface area contributed by atoms with Crippen molar-refractivity contribution in [3.05, 3.63) is 93.0 Å². The van der Waals surface area contributed by atoms with Gasteiger partial charge >= 0.3 is 0 Å². The van der Waals surface area contributed by atoms with Gasteiger partial charge in [0.25, 0.3) is 10.0 Å². The van der Waals surface area contributed by atoms with Crippen LogP contribution >= 0.6 is 34.2 Å². The first-order chi connectivity index (χ1) is 17.2. The van der Waals surface area contributed by atoms with E-state index in [1.165, 1.54) is 24.1 Å². The van der Waals surface area contributed by atoms with Gasteiger partial charge in [-0.25, -0.2) is 8.42 Å². The highest BCUT2D eigenvalue weighted by molar-refractivity contribution is 14.1. The maximum atomic E-state index is 13.8. The molecule has 0 heterocycles. The summed E-state index contributed by atoms with van der Waals surface area (Å²) in [5.41, 5.74) is 1.000. The van der Waals surface area contributed by atoms with E-state index in [2.05, 4.69) is 27.9 Å². The van der Waals surface area contributed by atoms with Gasteiger partial charge in [-0.15, -0.1) is 0 Å². The predicted octanol–water partition coefficient (Wildman–Crippen LogP) is 4.69. The first kappa shape index (κ1) is 27.9. The first-order valence-corrected chi connectivity index (χ1v) is 14.2. The minimum absolute atomic E-state index is 0.0519. The number of sulfonamides is 1. The van der Waals surface area contributed by atoms with E-state index in [0.717, 1.165) is 7.88 Å². The number of amides is 2. The van der Waals surface area contributed by atoms with Gasteiger partial charge in [0.15, 0.2) is 0 Å². The average molecular weight is 640 g/mol. The molecule has 3 aromatic carbocycles. The number of hydrogen-bond donors (Lipinski definition) is 1. The van der Waals surface area contributed by atoms with E-state index in [4.69, 9.17) is 11.6 Å². The van der Waals surface area contributed by atoms with Gasteiger partial charge in [-0.05, 0) is 77.0 Å². The quantitative estimate of drug-likeness (QED) is 0.326. The number of nitrogens with zero attached hydrogens (tertiary/aromatic N) is 2. The summed E-state index contributed by atoms with van der Waals surface area (Å²) in [7, 11) is -2.58. The van der Waals surface area contributed by atoms with Gasteiger partial charge in [0.1, 0.15) is 12.6 Å². The van der Waals surface area contributed by atoms with Crippen molar-refractivity contribution >= 4 is 61.7 Å². The largest absolute Gasteiger partial charge is 0.357 e. The summed E-state index contributed by atoms with van der Waals surface area (Å²) < 4.78 is 29.3. The molecule has 1 N–H and O–H groups in total. The van der Waals surface area contributed by atoms with Crippen molar-refractivity contribution < 1.29 is 18.0 Å². The lowest BCUT2D eigenvalue weighted by molar-refractivity contribution is -0.140. The first-order valence-electron chi connectivity index (χ1n) is 11.3. The van der Waals surface area contributed by atoms with Gasteiger partial charge in [-0.3, -0.25) is 13.9 Å². The van der Waals surface area contributed by atoms with Gasteiger partial charge < -0.3 is 10.2 Å². The number of nitrogens with one attached hydrogen (secondary N) is 1. The molecule has 36 heavy (non-hydrogen) atoms. The van der Waals surface area contributed by atoms with Crippen molar-refractivity contribution in [2.45, 2.75) is 30.8 Å². The number of halogens is 2. The van der Waals surface area contributed by atoms with Crippen molar-refractivity contribution in [2.75, 3.05) is 17.9 Å². The summed E-state index contributed by atoms with van der Waals surface area (Å²) >= 11 is 8.49.